The van der Waals surface area contributed by atoms with Crippen LogP contribution < -0.4 is 5.73 Å². The third-order valence-electron chi connectivity index (χ3n) is 1.71. The minimum Gasteiger partial charge on any atom is -0.326 e. The number of halogens is 3. The van der Waals surface area contributed by atoms with Crippen LogP contribution in [0.4, 0.5) is 14.5 Å². The molecule has 1 aromatic rings. The van der Waals surface area contributed by atoms with Crippen molar-refractivity contribution in [3.8, 4) is 0 Å². The van der Waals surface area contributed by atoms with Gasteiger partial charge in [-0.3, -0.25) is 10.1 Å². The number of hydrogen-bond acceptors (Lipinski definition) is 4. The van der Waals surface area contributed by atoms with Crippen molar-refractivity contribution >= 4 is 28.3 Å². The van der Waals surface area contributed by atoms with Crippen molar-refractivity contribution in [1.29, 1.82) is 0 Å². The fraction of sp³-hybridized carbons (Fsp3) is 0.286. The smallest absolute Gasteiger partial charge is 0.280 e. The fourth-order valence-electron chi connectivity index (χ4n) is 1.10. The molecule has 0 spiro atoms. The number of pyridine rings is 1. The van der Waals surface area contributed by atoms with Gasteiger partial charge in [-0.25, -0.2) is 13.8 Å². The molecule has 0 amide bonds. The average Bonchev–Trinajstić information content (AvgIpc) is 2.16. The van der Waals surface area contributed by atoms with Gasteiger partial charge in [-0.05, 0) is 22.6 Å². The molecule has 0 aliphatic heterocycles. The largest absolute Gasteiger partial charge is 0.326 e. The zero-order chi connectivity index (χ0) is 11.6. The molecular weight excluding hydrogens is 323 g/mol. The number of alkyl halides is 2. The molecule has 1 aromatic heterocycles. The van der Waals surface area contributed by atoms with Gasteiger partial charge >= 0.3 is 0 Å². The first-order valence-corrected chi connectivity index (χ1v) is 4.87. The molecule has 2 N–H and O–H groups in total. The highest BCUT2D eigenvalue weighted by Crippen LogP contribution is 2.29. The molecule has 0 bridgehead atoms. The normalized spacial score (nSPS) is 10.7. The van der Waals surface area contributed by atoms with Gasteiger partial charge in [0.1, 0.15) is 9.39 Å². The summed E-state index contributed by atoms with van der Waals surface area (Å²) in [5, 5.41) is 10.6. The summed E-state index contributed by atoms with van der Waals surface area (Å²) in [4.78, 5) is 13.4. The Hall–Kier alpha value is -0.900. The zero-order valence-electron chi connectivity index (χ0n) is 7.28. The van der Waals surface area contributed by atoms with Gasteiger partial charge in [-0.2, -0.15) is 0 Å². The molecule has 0 fully saturated rings. The van der Waals surface area contributed by atoms with E-state index in [4.69, 9.17) is 5.73 Å². The molecule has 0 saturated heterocycles. The highest BCUT2D eigenvalue weighted by molar-refractivity contribution is 14.1. The minimum atomic E-state index is -2.86. The molecule has 15 heavy (non-hydrogen) atoms. The number of nitrogens with two attached hydrogens (primary N) is 1. The third-order valence-corrected chi connectivity index (χ3v) is 2.26. The summed E-state index contributed by atoms with van der Waals surface area (Å²) in [6, 6.07) is 1.12. The standard InChI is InChI=1S/C7H6F2IN3O2/c8-7(9)6-3(2-11)4(13(14)15)1-5(10)12-6/h1,7H,2,11H2. The first-order chi connectivity index (χ1) is 6.97. The molecule has 1 heterocycles. The molecule has 0 aliphatic carbocycles. The Bertz CT molecular complexity index is 400. The van der Waals surface area contributed by atoms with Crippen LogP contribution in [0.3, 0.4) is 0 Å². The molecule has 0 aromatic carbocycles. The van der Waals surface area contributed by atoms with Crippen molar-refractivity contribution in [1.82, 2.24) is 4.98 Å². The van der Waals surface area contributed by atoms with Crippen LogP contribution in [0.1, 0.15) is 17.7 Å². The number of rotatable bonds is 3. The number of aromatic nitrogens is 1. The van der Waals surface area contributed by atoms with Crippen molar-refractivity contribution in [3.05, 3.63) is 31.1 Å². The Morgan fingerprint density at radius 3 is 2.67 bits per heavy atom. The number of nitrogens with zero attached hydrogens (tertiary/aromatic N) is 2. The molecule has 82 valence electrons. The molecule has 0 radical (unpaired) electrons. The maximum Gasteiger partial charge on any atom is 0.280 e. The van der Waals surface area contributed by atoms with Crippen LogP contribution in [-0.2, 0) is 6.54 Å². The zero-order valence-corrected chi connectivity index (χ0v) is 9.44. The lowest BCUT2D eigenvalue weighted by Gasteiger charge is -2.06. The van der Waals surface area contributed by atoms with Gasteiger partial charge in [0.2, 0.25) is 0 Å². The van der Waals surface area contributed by atoms with Crippen molar-refractivity contribution in [2.45, 2.75) is 13.0 Å². The van der Waals surface area contributed by atoms with E-state index >= 15 is 0 Å². The molecule has 0 atom stereocenters. The van der Waals surface area contributed by atoms with Crippen LogP contribution in [0.2, 0.25) is 0 Å². The molecular formula is C7H6F2IN3O2. The van der Waals surface area contributed by atoms with E-state index in [2.05, 4.69) is 4.98 Å². The summed E-state index contributed by atoms with van der Waals surface area (Å²) in [6.07, 6.45) is -2.86. The van der Waals surface area contributed by atoms with E-state index in [1.807, 2.05) is 0 Å². The van der Waals surface area contributed by atoms with Crippen LogP contribution in [0.25, 0.3) is 0 Å². The lowest BCUT2D eigenvalue weighted by molar-refractivity contribution is -0.385. The monoisotopic (exact) mass is 329 g/mol. The summed E-state index contributed by atoms with van der Waals surface area (Å²) in [7, 11) is 0. The van der Waals surface area contributed by atoms with E-state index in [1.54, 1.807) is 22.6 Å². The van der Waals surface area contributed by atoms with Crippen molar-refractivity contribution in [2.24, 2.45) is 5.73 Å². The van der Waals surface area contributed by atoms with Gasteiger partial charge < -0.3 is 5.73 Å². The fourth-order valence-corrected chi connectivity index (χ4v) is 1.65. The summed E-state index contributed by atoms with van der Waals surface area (Å²) in [5.74, 6) is 0. The van der Waals surface area contributed by atoms with Gasteiger partial charge in [-0.1, -0.05) is 0 Å². The van der Waals surface area contributed by atoms with E-state index in [-0.39, 0.29) is 15.8 Å². The first-order valence-electron chi connectivity index (χ1n) is 3.79. The van der Waals surface area contributed by atoms with E-state index in [0.29, 0.717) is 0 Å². The van der Waals surface area contributed by atoms with Crippen molar-refractivity contribution in [2.75, 3.05) is 0 Å². The predicted molar refractivity (Wildman–Crippen MR) is 56.5 cm³/mol. The van der Waals surface area contributed by atoms with Gasteiger partial charge in [0.25, 0.3) is 12.1 Å². The lowest BCUT2D eigenvalue weighted by Crippen LogP contribution is -2.09. The lowest BCUT2D eigenvalue weighted by atomic mass is 10.1. The van der Waals surface area contributed by atoms with E-state index < -0.39 is 22.7 Å². The van der Waals surface area contributed by atoms with Crippen LogP contribution in [0, 0.1) is 13.8 Å². The second-order valence-corrected chi connectivity index (χ2v) is 3.70. The molecule has 0 saturated carbocycles. The van der Waals surface area contributed by atoms with Crippen LogP contribution in [0.15, 0.2) is 6.07 Å². The van der Waals surface area contributed by atoms with Gasteiger partial charge in [0.15, 0.2) is 0 Å². The van der Waals surface area contributed by atoms with Crippen molar-refractivity contribution in [3.63, 3.8) is 0 Å². The van der Waals surface area contributed by atoms with E-state index in [1.165, 1.54) is 0 Å². The summed E-state index contributed by atoms with van der Waals surface area (Å²) in [6.45, 7) is -0.333. The van der Waals surface area contributed by atoms with Crippen LogP contribution >= 0.6 is 22.6 Å². The SMILES string of the molecule is NCc1c([N+](=O)[O-])cc(I)nc1C(F)F. The molecule has 8 heteroatoms. The van der Waals surface area contributed by atoms with Gasteiger partial charge in [-0.15, -0.1) is 0 Å². The predicted octanol–water partition coefficient (Wildman–Crippen LogP) is 1.99. The second-order valence-electron chi connectivity index (χ2n) is 2.59. The topological polar surface area (TPSA) is 82.0 Å². The number of nitro groups is 1. The highest BCUT2D eigenvalue weighted by Gasteiger charge is 2.24. The molecule has 1 rings (SSSR count). The Labute approximate surface area is 97.0 Å². The maximum absolute atomic E-state index is 12.5. The quantitative estimate of drug-likeness (QED) is 0.398. The Morgan fingerprint density at radius 2 is 2.27 bits per heavy atom. The van der Waals surface area contributed by atoms with Crippen LogP contribution in [0.5, 0.6) is 0 Å². The van der Waals surface area contributed by atoms with Crippen molar-refractivity contribution < 1.29 is 13.7 Å². The minimum absolute atomic E-state index is 0.145. The van der Waals surface area contributed by atoms with Gasteiger partial charge in [0, 0.05) is 12.6 Å². The Morgan fingerprint density at radius 1 is 1.67 bits per heavy atom. The molecule has 0 aliphatic rings. The van der Waals surface area contributed by atoms with Crippen LogP contribution in [-0.4, -0.2) is 9.91 Å². The number of hydrogen-bond donors (Lipinski definition) is 1. The Balaban J connectivity index is 3.45. The van der Waals surface area contributed by atoms with E-state index in [0.717, 1.165) is 6.07 Å². The third kappa shape index (κ3) is 2.56. The Kier molecular flexibility index (Phi) is 3.85. The average molecular weight is 329 g/mol. The molecule has 5 nitrogen and oxygen atoms in total. The second kappa shape index (κ2) is 4.75. The molecule has 0 unspecified atom stereocenters. The maximum atomic E-state index is 12.5. The summed E-state index contributed by atoms with van der Waals surface area (Å²) in [5.41, 5.74) is 3.96. The summed E-state index contributed by atoms with van der Waals surface area (Å²) >= 11 is 1.64. The first kappa shape index (κ1) is 12.2. The van der Waals surface area contributed by atoms with Gasteiger partial charge in [0.05, 0.1) is 10.5 Å². The van der Waals surface area contributed by atoms with E-state index in [9.17, 15) is 18.9 Å². The summed E-state index contributed by atoms with van der Waals surface area (Å²) < 4.78 is 25.1. The highest BCUT2D eigenvalue weighted by atomic mass is 127.